The number of nitrogens with zero attached hydrogens (tertiary/aromatic N) is 1. The summed E-state index contributed by atoms with van der Waals surface area (Å²) < 4.78 is 2.03. The first-order chi connectivity index (χ1) is 4.47. The topological polar surface area (TPSA) is 4.41 Å². The highest BCUT2D eigenvalue weighted by molar-refractivity contribution is 5.45. The third-order valence-electron chi connectivity index (χ3n) is 1.35. The molecule has 43 valence electrons. The second kappa shape index (κ2) is 1.62. The molecule has 1 nitrogen and oxygen atoms in total. The molecule has 0 atom stereocenters. The summed E-state index contributed by atoms with van der Waals surface area (Å²) in [6.45, 7) is 0. The molecule has 0 aliphatic carbocycles. The fraction of sp³-hybridized carbons (Fsp3) is 0. The van der Waals surface area contributed by atoms with Crippen molar-refractivity contribution in [3.63, 3.8) is 0 Å². The Morgan fingerprint density at radius 1 is 1.22 bits per heavy atom. The molecular formula is C8H6N. The van der Waals surface area contributed by atoms with Gasteiger partial charge in [0.15, 0.2) is 0 Å². The first kappa shape index (κ1) is 4.62. The van der Waals surface area contributed by atoms with E-state index in [1.54, 1.807) is 0 Å². The number of pyridine rings is 1. The maximum Gasteiger partial charge on any atom is 0.0529 e. The first-order valence-corrected chi connectivity index (χ1v) is 2.90. The van der Waals surface area contributed by atoms with E-state index in [2.05, 4.69) is 6.07 Å². The minimum Gasteiger partial charge on any atom is -0.323 e. The molecule has 1 radical (unpaired) electrons. The van der Waals surface area contributed by atoms with E-state index in [9.17, 15) is 0 Å². The van der Waals surface area contributed by atoms with Gasteiger partial charge >= 0.3 is 0 Å². The lowest BCUT2D eigenvalue weighted by atomic mass is 10.4. The number of rotatable bonds is 0. The predicted molar refractivity (Wildman–Crippen MR) is 36.2 cm³/mol. The van der Waals surface area contributed by atoms with Crippen LogP contribution in [0.3, 0.4) is 0 Å². The summed E-state index contributed by atoms with van der Waals surface area (Å²) in [7, 11) is 0. The van der Waals surface area contributed by atoms with Crippen LogP contribution in [0.25, 0.3) is 5.52 Å². The molecule has 0 N–H and O–H groups in total. The van der Waals surface area contributed by atoms with Crippen molar-refractivity contribution >= 4 is 5.52 Å². The zero-order valence-corrected chi connectivity index (χ0v) is 4.91. The van der Waals surface area contributed by atoms with Crippen LogP contribution < -0.4 is 0 Å². The molecule has 0 aliphatic rings. The van der Waals surface area contributed by atoms with Gasteiger partial charge in [0.25, 0.3) is 0 Å². The summed E-state index contributed by atoms with van der Waals surface area (Å²) in [6, 6.07) is 11.0. The summed E-state index contributed by atoms with van der Waals surface area (Å²) in [5.74, 6) is 0. The van der Waals surface area contributed by atoms with Gasteiger partial charge in [-0.05, 0) is 18.2 Å². The zero-order chi connectivity index (χ0) is 6.10. The van der Waals surface area contributed by atoms with Crippen molar-refractivity contribution in [2.75, 3.05) is 0 Å². The molecule has 2 heterocycles. The quantitative estimate of drug-likeness (QED) is 0.494. The molecule has 0 saturated carbocycles. The molecule has 0 aromatic carbocycles. The highest BCUT2D eigenvalue weighted by Crippen LogP contribution is 2.00. The number of hydrogen-bond acceptors (Lipinski definition) is 0. The molecule has 0 spiro atoms. The maximum absolute atomic E-state index is 3.09. The number of hydrogen-bond donors (Lipinski definition) is 0. The summed E-state index contributed by atoms with van der Waals surface area (Å²) in [6.07, 6.45) is 4.01. The summed E-state index contributed by atoms with van der Waals surface area (Å²) >= 11 is 0. The summed E-state index contributed by atoms with van der Waals surface area (Å²) in [5, 5.41) is 0. The second-order valence-corrected chi connectivity index (χ2v) is 1.95. The molecule has 0 fully saturated rings. The van der Waals surface area contributed by atoms with Gasteiger partial charge in [-0.2, -0.15) is 0 Å². The van der Waals surface area contributed by atoms with Gasteiger partial charge in [0, 0.05) is 18.5 Å². The summed E-state index contributed by atoms with van der Waals surface area (Å²) in [4.78, 5) is 0. The lowest BCUT2D eigenvalue weighted by Crippen LogP contribution is -1.76. The number of aromatic nitrogens is 1. The zero-order valence-electron chi connectivity index (χ0n) is 4.91. The molecule has 0 saturated heterocycles. The Morgan fingerprint density at radius 2 is 2.11 bits per heavy atom. The monoisotopic (exact) mass is 116 g/mol. The van der Waals surface area contributed by atoms with E-state index >= 15 is 0 Å². The second-order valence-electron chi connectivity index (χ2n) is 1.95. The third-order valence-corrected chi connectivity index (χ3v) is 1.35. The van der Waals surface area contributed by atoms with Crippen LogP contribution in [0.4, 0.5) is 0 Å². The van der Waals surface area contributed by atoms with Gasteiger partial charge in [0.1, 0.15) is 0 Å². The Morgan fingerprint density at radius 3 is 3.00 bits per heavy atom. The van der Waals surface area contributed by atoms with Crippen LogP contribution >= 0.6 is 0 Å². The van der Waals surface area contributed by atoms with Crippen molar-refractivity contribution in [2.45, 2.75) is 0 Å². The van der Waals surface area contributed by atoms with Gasteiger partial charge in [0.2, 0.25) is 0 Å². The predicted octanol–water partition coefficient (Wildman–Crippen LogP) is 1.74. The Labute approximate surface area is 53.5 Å². The molecule has 2 aromatic rings. The van der Waals surface area contributed by atoms with Gasteiger partial charge < -0.3 is 4.40 Å². The summed E-state index contributed by atoms with van der Waals surface area (Å²) in [5.41, 5.74) is 1.12. The fourth-order valence-corrected chi connectivity index (χ4v) is 0.915. The van der Waals surface area contributed by atoms with Gasteiger partial charge in [-0.1, -0.05) is 6.07 Å². The lowest BCUT2D eigenvalue weighted by Gasteiger charge is -1.87. The Bertz CT molecular complexity index is 279. The third kappa shape index (κ3) is 0.617. The van der Waals surface area contributed by atoms with Gasteiger partial charge in [-0.25, -0.2) is 0 Å². The van der Waals surface area contributed by atoms with Crippen molar-refractivity contribution in [1.82, 2.24) is 4.40 Å². The van der Waals surface area contributed by atoms with E-state index in [0.717, 1.165) is 5.52 Å². The molecule has 0 amide bonds. The minimum atomic E-state index is 1.12. The van der Waals surface area contributed by atoms with Gasteiger partial charge in [-0.15, -0.1) is 0 Å². The van der Waals surface area contributed by atoms with Crippen molar-refractivity contribution < 1.29 is 0 Å². The van der Waals surface area contributed by atoms with E-state index < -0.39 is 0 Å². The average molecular weight is 116 g/mol. The molecule has 0 aliphatic heterocycles. The molecule has 9 heavy (non-hydrogen) atoms. The van der Waals surface area contributed by atoms with E-state index in [0.29, 0.717) is 0 Å². The van der Waals surface area contributed by atoms with E-state index in [1.165, 1.54) is 0 Å². The standard InChI is InChI=1S/C8H6N/c1-2-6-9-7-3-5-8(9)4-1/h1-3,5-7H. The minimum absolute atomic E-state index is 1.12. The molecule has 1 heteroatoms. The van der Waals surface area contributed by atoms with Crippen LogP contribution in [0.15, 0.2) is 36.7 Å². The Hall–Kier alpha value is -1.24. The van der Waals surface area contributed by atoms with Gasteiger partial charge in [-0.3, -0.25) is 0 Å². The molecule has 2 rings (SSSR count). The fourth-order valence-electron chi connectivity index (χ4n) is 0.915. The van der Waals surface area contributed by atoms with Crippen molar-refractivity contribution in [1.29, 1.82) is 0 Å². The van der Waals surface area contributed by atoms with Crippen LogP contribution in [-0.4, -0.2) is 4.40 Å². The largest absolute Gasteiger partial charge is 0.323 e. The van der Waals surface area contributed by atoms with E-state index in [1.807, 2.05) is 41.1 Å². The Balaban J connectivity index is 2.95. The number of fused-ring (bicyclic) bond motifs is 1. The van der Waals surface area contributed by atoms with Crippen LogP contribution in [0, 0.1) is 6.07 Å². The lowest BCUT2D eigenvalue weighted by molar-refractivity contribution is 1.20. The molecular weight excluding hydrogens is 110 g/mol. The molecule has 2 aromatic heterocycles. The van der Waals surface area contributed by atoms with Crippen molar-refractivity contribution in [3.05, 3.63) is 42.7 Å². The van der Waals surface area contributed by atoms with Crippen LogP contribution in [-0.2, 0) is 0 Å². The highest BCUT2D eigenvalue weighted by atomic mass is 14.8. The van der Waals surface area contributed by atoms with E-state index in [4.69, 9.17) is 0 Å². The maximum atomic E-state index is 3.09. The van der Waals surface area contributed by atoms with Gasteiger partial charge in [0.05, 0.1) is 5.52 Å². The smallest absolute Gasteiger partial charge is 0.0529 e. The van der Waals surface area contributed by atoms with E-state index in [-0.39, 0.29) is 0 Å². The highest BCUT2D eigenvalue weighted by Gasteiger charge is 1.84. The van der Waals surface area contributed by atoms with Crippen LogP contribution in [0.2, 0.25) is 0 Å². The molecule has 0 bridgehead atoms. The van der Waals surface area contributed by atoms with Crippen molar-refractivity contribution in [3.8, 4) is 0 Å². The SMILES string of the molecule is [c]1cccn2cccc12. The molecule has 0 unspecified atom stereocenters. The average Bonchev–Trinajstić information content (AvgIpc) is 2.33. The van der Waals surface area contributed by atoms with Crippen LogP contribution in [0.1, 0.15) is 0 Å². The Kier molecular flexibility index (Phi) is 0.833. The van der Waals surface area contributed by atoms with Crippen LogP contribution in [0.5, 0.6) is 0 Å². The normalized spacial score (nSPS) is 10.2. The first-order valence-electron chi connectivity index (χ1n) is 2.90. The van der Waals surface area contributed by atoms with Crippen molar-refractivity contribution in [2.24, 2.45) is 0 Å².